The first-order valence-electron chi connectivity index (χ1n) is 7.57. The van der Waals surface area contributed by atoms with Crippen LogP contribution in [0.25, 0.3) is 11.0 Å². The van der Waals surface area contributed by atoms with Gasteiger partial charge in [0, 0.05) is 17.5 Å². The highest BCUT2D eigenvalue weighted by molar-refractivity contribution is 5.95. The van der Waals surface area contributed by atoms with Crippen molar-refractivity contribution in [2.24, 2.45) is 0 Å². The van der Waals surface area contributed by atoms with Gasteiger partial charge in [-0.15, -0.1) is 0 Å². The van der Waals surface area contributed by atoms with Crippen molar-refractivity contribution >= 4 is 22.6 Å². The van der Waals surface area contributed by atoms with Gasteiger partial charge in [-0.05, 0) is 37.3 Å². The highest BCUT2D eigenvalue weighted by Gasteiger charge is 2.16. The Balaban J connectivity index is 1.75. The highest BCUT2D eigenvalue weighted by atomic mass is 16.5. The molecule has 124 valence electrons. The minimum absolute atomic E-state index is 0.371. The van der Waals surface area contributed by atoms with Crippen LogP contribution in [0.4, 0.5) is 5.69 Å². The summed E-state index contributed by atoms with van der Waals surface area (Å²) in [5.74, 6) is 0.00961. The van der Waals surface area contributed by atoms with Gasteiger partial charge in [0.25, 0.3) is 5.91 Å². The third kappa shape index (κ3) is 3.67. The van der Waals surface area contributed by atoms with Crippen LogP contribution in [0.2, 0.25) is 0 Å². The standard InChI is InChI=1S/C19H14N2O4/c1-12(19(23)21-16-5-3-2-4-14(16)11-20)24-15-8-6-13-7-9-18(22)25-17(13)10-15/h2-10,12H,1H3,(H,21,23)/t12-/m1/s1. The largest absolute Gasteiger partial charge is 0.481 e. The third-order valence-electron chi connectivity index (χ3n) is 3.58. The normalized spacial score (nSPS) is 11.5. The maximum Gasteiger partial charge on any atom is 0.336 e. The summed E-state index contributed by atoms with van der Waals surface area (Å²) in [6, 6.07) is 16.7. The summed E-state index contributed by atoms with van der Waals surface area (Å²) in [5.41, 5.74) is 0.724. The van der Waals surface area contributed by atoms with Crippen molar-refractivity contribution in [3.05, 3.63) is 70.6 Å². The minimum atomic E-state index is -0.806. The highest BCUT2D eigenvalue weighted by Crippen LogP contribution is 2.21. The zero-order chi connectivity index (χ0) is 17.8. The molecule has 2 aromatic carbocycles. The molecule has 0 radical (unpaired) electrons. The summed E-state index contributed by atoms with van der Waals surface area (Å²) in [4.78, 5) is 23.6. The molecule has 1 atom stereocenters. The fourth-order valence-corrected chi connectivity index (χ4v) is 2.30. The predicted octanol–water partition coefficient (Wildman–Crippen LogP) is 3.07. The second-order valence-electron chi connectivity index (χ2n) is 5.36. The second kappa shape index (κ2) is 6.89. The van der Waals surface area contributed by atoms with E-state index < -0.39 is 17.6 Å². The summed E-state index contributed by atoms with van der Waals surface area (Å²) in [6.07, 6.45) is -0.806. The molecular weight excluding hydrogens is 320 g/mol. The number of rotatable bonds is 4. The molecule has 0 fully saturated rings. The Morgan fingerprint density at radius 1 is 1.20 bits per heavy atom. The summed E-state index contributed by atoms with van der Waals surface area (Å²) in [6.45, 7) is 1.59. The Morgan fingerprint density at radius 2 is 1.96 bits per heavy atom. The number of nitrogens with one attached hydrogen (secondary N) is 1. The van der Waals surface area contributed by atoms with Crippen LogP contribution in [-0.4, -0.2) is 12.0 Å². The Labute approximate surface area is 143 Å². The number of amides is 1. The number of nitrogens with zero attached hydrogens (tertiary/aromatic N) is 1. The molecule has 3 aromatic rings. The van der Waals surface area contributed by atoms with Crippen molar-refractivity contribution in [2.45, 2.75) is 13.0 Å². The number of carbonyl (C=O) groups excluding carboxylic acids is 1. The van der Waals surface area contributed by atoms with Gasteiger partial charge < -0.3 is 14.5 Å². The molecule has 0 aliphatic rings. The zero-order valence-electron chi connectivity index (χ0n) is 13.4. The number of hydrogen-bond acceptors (Lipinski definition) is 5. The van der Waals surface area contributed by atoms with Crippen molar-refractivity contribution < 1.29 is 13.9 Å². The smallest absolute Gasteiger partial charge is 0.336 e. The van der Waals surface area contributed by atoms with Crippen LogP contribution >= 0.6 is 0 Å². The summed E-state index contributed by atoms with van der Waals surface area (Å²) in [7, 11) is 0. The van der Waals surface area contributed by atoms with Gasteiger partial charge in [-0.1, -0.05) is 12.1 Å². The van der Waals surface area contributed by atoms with E-state index in [0.29, 0.717) is 22.6 Å². The minimum Gasteiger partial charge on any atom is -0.481 e. The average Bonchev–Trinajstić information content (AvgIpc) is 2.61. The Morgan fingerprint density at radius 3 is 2.76 bits per heavy atom. The molecule has 3 rings (SSSR count). The van der Waals surface area contributed by atoms with Crippen LogP contribution in [0, 0.1) is 11.3 Å². The molecule has 25 heavy (non-hydrogen) atoms. The number of benzene rings is 2. The molecule has 1 amide bonds. The van der Waals surface area contributed by atoms with E-state index in [-0.39, 0.29) is 0 Å². The fourth-order valence-electron chi connectivity index (χ4n) is 2.30. The molecule has 0 bridgehead atoms. The first-order valence-corrected chi connectivity index (χ1v) is 7.57. The van der Waals surface area contributed by atoms with Crippen molar-refractivity contribution in [1.82, 2.24) is 0 Å². The van der Waals surface area contributed by atoms with Crippen molar-refractivity contribution in [3.63, 3.8) is 0 Å². The van der Waals surface area contributed by atoms with Gasteiger partial charge in [0.05, 0.1) is 11.3 Å². The molecule has 0 unspecified atom stereocenters. The number of hydrogen-bond donors (Lipinski definition) is 1. The van der Waals surface area contributed by atoms with Crippen LogP contribution in [0.15, 0.2) is 63.8 Å². The molecule has 0 aliphatic heterocycles. The lowest BCUT2D eigenvalue weighted by atomic mass is 10.2. The van der Waals surface area contributed by atoms with E-state index in [4.69, 9.17) is 14.4 Å². The Bertz CT molecular complexity index is 1030. The Hall–Kier alpha value is -3.59. The van der Waals surface area contributed by atoms with Gasteiger partial charge in [-0.2, -0.15) is 5.26 Å². The topological polar surface area (TPSA) is 92.3 Å². The van der Waals surface area contributed by atoms with Crippen LogP contribution in [0.3, 0.4) is 0 Å². The van der Waals surface area contributed by atoms with Crippen LogP contribution in [-0.2, 0) is 4.79 Å². The van der Waals surface area contributed by atoms with E-state index in [1.807, 2.05) is 6.07 Å². The number of ether oxygens (including phenoxy) is 1. The van der Waals surface area contributed by atoms with E-state index in [0.717, 1.165) is 5.39 Å². The molecule has 0 spiro atoms. The van der Waals surface area contributed by atoms with E-state index >= 15 is 0 Å². The number of para-hydroxylation sites is 1. The molecule has 1 N–H and O–H groups in total. The summed E-state index contributed by atoms with van der Waals surface area (Å²) >= 11 is 0. The van der Waals surface area contributed by atoms with Crippen molar-refractivity contribution in [3.8, 4) is 11.8 Å². The van der Waals surface area contributed by atoms with Crippen molar-refractivity contribution in [1.29, 1.82) is 5.26 Å². The summed E-state index contributed by atoms with van der Waals surface area (Å²) in [5, 5.41) is 12.5. The van der Waals surface area contributed by atoms with Gasteiger partial charge in [0.15, 0.2) is 6.10 Å². The van der Waals surface area contributed by atoms with Crippen LogP contribution < -0.4 is 15.7 Å². The first-order chi connectivity index (χ1) is 12.1. The summed E-state index contributed by atoms with van der Waals surface area (Å²) < 4.78 is 10.7. The van der Waals surface area contributed by atoms with Gasteiger partial charge in [-0.25, -0.2) is 4.79 Å². The predicted molar refractivity (Wildman–Crippen MR) is 92.4 cm³/mol. The quantitative estimate of drug-likeness (QED) is 0.740. The first kappa shape index (κ1) is 16.3. The van der Waals surface area contributed by atoms with Crippen LogP contribution in [0.1, 0.15) is 12.5 Å². The van der Waals surface area contributed by atoms with Gasteiger partial charge >= 0.3 is 5.63 Å². The SMILES string of the molecule is C[C@@H](Oc1ccc2ccc(=O)oc2c1)C(=O)Nc1ccccc1C#N. The lowest BCUT2D eigenvalue weighted by Crippen LogP contribution is -2.30. The van der Waals surface area contributed by atoms with E-state index in [1.54, 1.807) is 55.5 Å². The Kier molecular flexibility index (Phi) is 4.48. The number of carbonyl (C=O) groups is 1. The van der Waals surface area contributed by atoms with E-state index in [1.165, 1.54) is 6.07 Å². The molecule has 0 aliphatic carbocycles. The monoisotopic (exact) mass is 334 g/mol. The van der Waals surface area contributed by atoms with Gasteiger partial charge in [0.1, 0.15) is 17.4 Å². The third-order valence-corrected chi connectivity index (χ3v) is 3.58. The molecule has 0 saturated carbocycles. The molecule has 6 heteroatoms. The molecule has 1 heterocycles. The van der Waals surface area contributed by atoms with Crippen molar-refractivity contribution in [2.75, 3.05) is 5.32 Å². The van der Waals surface area contributed by atoms with E-state index in [2.05, 4.69) is 5.32 Å². The van der Waals surface area contributed by atoms with Gasteiger partial charge in [-0.3, -0.25) is 4.79 Å². The molecule has 1 aromatic heterocycles. The maximum absolute atomic E-state index is 12.3. The maximum atomic E-state index is 12.3. The second-order valence-corrected chi connectivity index (χ2v) is 5.36. The number of fused-ring (bicyclic) bond motifs is 1. The number of anilines is 1. The lowest BCUT2D eigenvalue weighted by Gasteiger charge is -2.15. The zero-order valence-corrected chi connectivity index (χ0v) is 13.4. The average molecular weight is 334 g/mol. The molecule has 6 nitrogen and oxygen atoms in total. The van der Waals surface area contributed by atoms with Crippen LogP contribution in [0.5, 0.6) is 5.75 Å². The lowest BCUT2D eigenvalue weighted by molar-refractivity contribution is -0.122. The molecule has 0 saturated heterocycles. The van der Waals surface area contributed by atoms with E-state index in [9.17, 15) is 9.59 Å². The molecular formula is C19H14N2O4. The fraction of sp³-hybridized carbons (Fsp3) is 0.105. The number of nitriles is 1. The van der Waals surface area contributed by atoms with Gasteiger partial charge in [0.2, 0.25) is 0 Å².